The third-order valence-electron chi connectivity index (χ3n) is 2.92. The maximum Gasteiger partial charge on any atom is 0.0469 e. The summed E-state index contributed by atoms with van der Waals surface area (Å²) in [5.74, 6) is 0. The fourth-order valence-electron chi connectivity index (χ4n) is 1.88. The molecule has 0 spiro atoms. The predicted octanol–water partition coefficient (Wildman–Crippen LogP) is 3.42. The molecule has 0 aliphatic rings. The Morgan fingerprint density at radius 1 is 0.944 bits per heavy atom. The maximum atomic E-state index is 5.63. The Hall–Kier alpha value is -0.860. The van der Waals surface area contributed by atoms with Gasteiger partial charge < -0.3 is 10.1 Å². The molecule has 0 aliphatic heterocycles. The molecular weight excluding hydrogens is 222 g/mol. The third-order valence-corrected chi connectivity index (χ3v) is 2.92. The van der Waals surface area contributed by atoms with Crippen LogP contribution >= 0.6 is 0 Å². The lowest BCUT2D eigenvalue weighted by molar-refractivity contribution is 0.128. The summed E-state index contributed by atoms with van der Waals surface area (Å²) in [7, 11) is 0. The number of benzene rings is 1. The molecule has 0 aromatic heterocycles. The average molecular weight is 249 g/mol. The summed E-state index contributed by atoms with van der Waals surface area (Å²) in [4.78, 5) is 0. The number of aryl methyl sites for hydroxylation is 1. The van der Waals surface area contributed by atoms with E-state index in [0.717, 1.165) is 39.1 Å². The first-order valence-electron chi connectivity index (χ1n) is 7.26. The molecular formula is C16H27NO. The number of unbranched alkanes of at least 4 members (excludes halogenated alkanes) is 1. The number of hydrogen-bond donors (Lipinski definition) is 1. The van der Waals surface area contributed by atoms with Crippen LogP contribution in [0.5, 0.6) is 0 Å². The lowest BCUT2D eigenvalue weighted by atomic mass is 10.1. The molecule has 0 bridgehead atoms. The van der Waals surface area contributed by atoms with E-state index in [9.17, 15) is 0 Å². The van der Waals surface area contributed by atoms with Crippen LogP contribution in [0.15, 0.2) is 30.3 Å². The largest absolute Gasteiger partial charge is 0.381 e. The van der Waals surface area contributed by atoms with Crippen molar-refractivity contribution in [3.05, 3.63) is 35.9 Å². The van der Waals surface area contributed by atoms with Crippen LogP contribution in [-0.2, 0) is 11.2 Å². The van der Waals surface area contributed by atoms with Gasteiger partial charge in [-0.1, -0.05) is 37.3 Å². The second-order valence-electron chi connectivity index (χ2n) is 4.66. The fraction of sp³-hybridized carbons (Fsp3) is 0.625. The molecule has 0 atom stereocenters. The topological polar surface area (TPSA) is 21.3 Å². The highest BCUT2D eigenvalue weighted by atomic mass is 16.5. The van der Waals surface area contributed by atoms with Crippen molar-refractivity contribution >= 4 is 0 Å². The van der Waals surface area contributed by atoms with E-state index in [4.69, 9.17) is 4.74 Å². The van der Waals surface area contributed by atoms with Gasteiger partial charge in [-0.05, 0) is 50.8 Å². The SMILES string of the molecule is CCCNCCCCOCCCc1ccccc1. The highest BCUT2D eigenvalue weighted by Gasteiger charge is 1.93. The molecule has 0 fully saturated rings. The van der Waals surface area contributed by atoms with Gasteiger partial charge in [0.15, 0.2) is 0 Å². The molecule has 0 saturated carbocycles. The zero-order valence-electron chi connectivity index (χ0n) is 11.7. The van der Waals surface area contributed by atoms with Gasteiger partial charge >= 0.3 is 0 Å². The van der Waals surface area contributed by atoms with Crippen molar-refractivity contribution in [2.75, 3.05) is 26.3 Å². The lowest BCUT2D eigenvalue weighted by Gasteiger charge is -2.05. The van der Waals surface area contributed by atoms with E-state index in [1.807, 2.05) is 0 Å². The van der Waals surface area contributed by atoms with Crippen molar-refractivity contribution in [2.45, 2.75) is 39.0 Å². The monoisotopic (exact) mass is 249 g/mol. The molecule has 0 radical (unpaired) electrons. The minimum absolute atomic E-state index is 0.886. The molecule has 1 aromatic carbocycles. The van der Waals surface area contributed by atoms with Crippen molar-refractivity contribution in [3.63, 3.8) is 0 Å². The number of nitrogens with one attached hydrogen (secondary N) is 1. The van der Waals surface area contributed by atoms with Gasteiger partial charge in [0, 0.05) is 13.2 Å². The van der Waals surface area contributed by atoms with Gasteiger partial charge in [-0.25, -0.2) is 0 Å². The van der Waals surface area contributed by atoms with Gasteiger partial charge in [-0.2, -0.15) is 0 Å². The molecule has 0 unspecified atom stereocenters. The highest BCUT2D eigenvalue weighted by Crippen LogP contribution is 2.02. The fourth-order valence-corrected chi connectivity index (χ4v) is 1.88. The van der Waals surface area contributed by atoms with Crippen LogP contribution in [0.3, 0.4) is 0 Å². The van der Waals surface area contributed by atoms with Gasteiger partial charge in [-0.3, -0.25) is 0 Å². The van der Waals surface area contributed by atoms with Crippen LogP contribution in [0.2, 0.25) is 0 Å². The molecule has 2 nitrogen and oxygen atoms in total. The Morgan fingerprint density at radius 2 is 1.72 bits per heavy atom. The molecule has 0 heterocycles. The van der Waals surface area contributed by atoms with Crippen LogP contribution in [-0.4, -0.2) is 26.3 Å². The zero-order valence-corrected chi connectivity index (χ0v) is 11.7. The summed E-state index contributed by atoms with van der Waals surface area (Å²) in [5, 5.41) is 3.40. The van der Waals surface area contributed by atoms with E-state index in [-0.39, 0.29) is 0 Å². The minimum Gasteiger partial charge on any atom is -0.381 e. The van der Waals surface area contributed by atoms with Crippen molar-refractivity contribution in [2.24, 2.45) is 0 Å². The van der Waals surface area contributed by atoms with E-state index in [1.54, 1.807) is 0 Å². The summed E-state index contributed by atoms with van der Waals surface area (Å²) in [6, 6.07) is 10.6. The van der Waals surface area contributed by atoms with Crippen molar-refractivity contribution in [1.29, 1.82) is 0 Å². The van der Waals surface area contributed by atoms with Crippen molar-refractivity contribution in [1.82, 2.24) is 5.32 Å². The van der Waals surface area contributed by atoms with Crippen LogP contribution in [0.4, 0.5) is 0 Å². The summed E-state index contributed by atoms with van der Waals surface area (Å²) >= 11 is 0. The highest BCUT2D eigenvalue weighted by molar-refractivity contribution is 5.14. The standard InChI is InChI=1S/C16H27NO/c1-2-12-17-13-6-7-14-18-15-8-11-16-9-4-3-5-10-16/h3-5,9-10,17H,2,6-8,11-15H2,1H3. The predicted molar refractivity (Wildman–Crippen MR) is 78.0 cm³/mol. The lowest BCUT2D eigenvalue weighted by Crippen LogP contribution is -2.16. The van der Waals surface area contributed by atoms with Crippen molar-refractivity contribution < 1.29 is 4.74 Å². The summed E-state index contributed by atoms with van der Waals surface area (Å²) < 4.78 is 5.63. The van der Waals surface area contributed by atoms with Gasteiger partial charge in [-0.15, -0.1) is 0 Å². The Bertz CT molecular complexity index is 274. The summed E-state index contributed by atoms with van der Waals surface area (Å²) in [6.45, 7) is 6.25. The second-order valence-corrected chi connectivity index (χ2v) is 4.66. The quantitative estimate of drug-likeness (QED) is 0.607. The first kappa shape index (κ1) is 15.2. The molecule has 0 saturated heterocycles. The molecule has 1 N–H and O–H groups in total. The van der Waals surface area contributed by atoms with E-state index < -0.39 is 0 Å². The number of ether oxygens (including phenoxy) is 1. The van der Waals surface area contributed by atoms with Crippen molar-refractivity contribution in [3.8, 4) is 0 Å². The second kappa shape index (κ2) is 11.2. The zero-order chi connectivity index (χ0) is 12.9. The summed E-state index contributed by atoms with van der Waals surface area (Å²) in [6.07, 6.45) is 5.85. The molecule has 1 aromatic rings. The summed E-state index contributed by atoms with van der Waals surface area (Å²) in [5.41, 5.74) is 1.41. The maximum absolute atomic E-state index is 5.63. The van der Waals surface area contributed by atoms with Gasteiger partial charge in [0.1, 0.15) is 0 Å². The smallest absolute Gasteiger partial charge is 0.0469 e. The average Bonchev–Trinajstić information content (AvgIpc) is 2.42. The number of rotatable bonds is 11. The molecule has 0 aliphatic carbocycles. The van der Waals surface area contributed by atoms with Crippen LogP contribution in [0.25, 0.3) is 0 Å². The molecule has 2 heteroatoms. The molecule has 1 rings (SSSR count). The van der Waals surface area contributed by atoms with Crippen LogP contribution < -0.4 is 5.32 Å². The Morgan fingerprint density at radius 3 is 2.50 bits per heavy atom. The van der Waals surface area contributed by atoms with Crippen LogP contribution in [0, 0.1) is 0 Å². The van der Waals surface area contributed by atoms with Gasteiger partial charge in [0.25, 0.3) is 0 Å². The van der Waals surface area contributed by atoms with E-state index in [2.05, 4.69) is 42.6 Å². The Balaban J connectivity index is 1.82. The van der Waals surface area contributed by atoms with Crippen LogP contribution in [0.1, 0.15) is 38.2 Å². The first-order chi connectivity index (χ1) is 8.93. The Labute approximate surface area is 112 Å². The number of hydrogen-bond acceptors (Lipinski definition) is 2. The minimum atomic E-state index is 0.886. The van der Waals surface area contributed by atoms with Gasteiger partial charge in [0.2, 0.25) is 0 Å². The molecule has 0 amide bonds. The first-order valence-corrected chi connectivity index (χ1v) is 7.26. The third kappa shape index (κ3) is 8.26. The normalized spacial score (nSPS) is 10.7. The van der Waals surface area contributed by atoms with E-state index in [0.29, 0.717) is 0 Å². The Kier molecular flexibility index (Phi) is 9.49. The molecule has 18 heavy (non-hydrogen) atoms. The van der Waals surface area contributed by atoms with E-state index in [1.165, 1.54) is 24.8 Å². The van der Waals surface area contributed by atoms with Gasteiger partial charge in [0.05, 0.1) is 0 Å². The van der Waals surface area contributed by atoms with E-state index >= 15 is 0 Å². The molecule has 102 valence electrons.